The van der Waals surface area contributed by atoms with E-state index in [9.17, 15) is 4.79 Å². The van der Waals surface area contributed by atoms with Gasteiger partial charge in [-0.3, -0.25) is 9.36 Å². The summed E-state index contributed by atoms with van der Waals surface area (Å²) in [6.07, 6.45) is 4.38. The van der Waals surface area contributed by atoms with Crippen LogP contribution < -0.4 is 0 Å². The number of ketones is 1. The SMILES string of the molecule is C=CCn1c(SCC(=O)c2ccc(CC)cc2)nnc1-c1ccoc1C. The minimum atomic E-state index is 0.0758. The molecule has 0 radical (unpaired) electrons. The van der Waals surface area contributed by atoms with E-state index >= 15 is 0 Å². The zero-order valence-electron chi connectivity index (χ0n) is 14.9. The molecule has 26 heavy (non-hydrogen) atoms. The van der Waals surface area contributed by atoms with Gasteiger partial charge in [0.2, 0.25) is 0 Å². The van der Waals surface area contributed by atoms with Gasteiger partial charge in [-0.2, -0.15) is 0 Å². The molecular weight excluding hydrogens is 346 g/mol. The molecule has 0 bridgehead atoms. The fraction of sp³-hybridized carbons (Fsp3) is 0.250. The highest BCUT2D eigenvalue weighted by atomic mass is 32.2. The van der Waals surface area contributed by atoms with Crippen LogP contribution in [0.1, 0.15) is 28.6 Å². The van der Waals surface area contributed by atoms with E-state index in [1.165, 1.54) is 17.3 Å². The number of carbonyl (C=O) groups is 1. The van der Waals surface area contributed by atoms with Crippen LogP contribution in [0.5, 0.6) is 0 Å². The van der Waals surface area contributed by atoms with E-state index in [4.69, 9.17) is 4.42 Å². The molecule has 0 aliphatic carbocycles. The number of benzene rings is 1. The third kappa shape index (κ3) is 3.80. The van der Waals surface area contributed by atoms with E-state index in [-0.39, 0.29) is 5.78 Å². The number of carbonyl (C=O) groups excluding carboxylic acids is 1. The van der Waals surface area contributed by atoms with Crippen molar-refractivity contribution in [3.63, 3.8) is 0 Å². The lowest BCUT2D eigenvalue weighted by Crippen LogP contribution is -2.05. The van der Waals surface area contributed by atoms with Crippen LogP contribution in [-0.4, -0.2) is 26.3 Å². The van der Waals surface area contributed by atoms with Gasteiger partial charge in [0.05, 0.1) is 17.6 Å². The molecule has 3 rings (SSSR count). The van der Waals surface area contributed by atoms with Crippen molar-refractivity contribution in [3.05, 3.63) is 66.1 Å². The highest BCUT2D eigenvalue weighted by Gasteiger charge is 2.18. The zero-order chi connectivity index (χ0) is 18.5. The predicted molar refractivity (Wildman–Crippen MR) is 104 cm³/mol. The second kappa shape index (κ2) is 8.19. The Hall–Kier alpha value is -2.60. The first-order valence-electron chi connectivity index (χ1n) is 8.47. The first kappa shape index (κ1) is 18.2. The van der Waals surface area contributed by atoms with Gasteiger partial charge in [-0.05, 0) is 25.0 Å². The number of aromatic nitrogens is 3. The largest absolute Gasteiger partial charge is 0.469 e. The molecule has 0 N–H and O–H groups in total. The number of rotatable bonds is 8. The molecule has 0 atom stereocenters. The first-order valence-corrected chi connectivity index (χ1v) is 9.46. The Balaban J connectivity index is 1.77. The number of thioether (sulfide) groups is 1. The van der Waals surface area contributed by atoms with E-state index < -0.39 is 0 Å². The Morgan fingerprint density at radius 3 is 2.65 bits per heavy atom. The lowest BCUT2D eigenvalue weighted by molar-refractivity contribution is 0.102. The highest BCUT2D eigenvalue weighted by molar-refractivity contribution is 7.99. The van der Waals surface area contributed by atoms with E-state index in [0.29, 0.717) is 17.5 Å². The molecule has 0 unspecified atom stereocenters. The second-order valence-electron chi connectivity index (χ2n) is 5.86. The fourth-order valence-electron chi connectivity index (χ4n) is 2.65. The monoisotopic (exact) mass is 367 g/mol. The lowest BCUT2D eigenvalue weighted by atomic mass is 10.1. The molecule has 3 aromatic rings. The van der Waals surface area contributed by atoms with E-state index in [2.05, 4.69) is 23.7 Å². The van der Waals surface area contributed by atoms with Crippen LogP contribution in [0.3, 0.4) is 0 Å². The van der Waals surface area contributed by atoms with Crippen LogP contribution in [0.2, 0.25) is 0 Å². The summed E-state index contributed by atoms with van der Waals surface area (Å²) in [5.74, 6) is 1.89. The van der Waals surface area contributed by atoms with Crippen molar-refractivity contribution >= 4 is 17.5 Å². The van der Waals surface area contributed by atoms with Gasteiger partial charge >= 0.3 is 0 Å². The Morgan fingerprint density at radius 1 is 1.27 bits per heavy atom. The van der Waals surface area contributed by atoms with Gasteiger partial charge in [0.1, 0.15) is 5.76 Å². The quantitative estimate of drug-likeness (QED) is 0.331. The summed E-state index contributed by atoms with van der Waals surface area (Å²) < 4.78 is 7.32. The number of aryl methyl sites for hydroxylation is 2. The number of hydrogen-bond acceptors (Lipinski definition) is 5. The van der Waals surface area contributed by atoms with Crippen LogP contribution in [-0.2, 0) is 13.0 Å². The van der Waals surface area contributed by atoms with Crippen molar-refractivity contribution in [2.24, 2.45) is 0 Å². The van der Waals surface area contributed by atoms with Crippen LogP contribution in [0.25, 0.3) is 11.4 Å². The van der Waals surface area contributed by atoms with Crippen molar-refractivity contribution in [2.45, 2.75) is 32.0 Å². The Bertz CT molecular complexity index is 910. The van der Waals surface area contributed by atoms with E-state index in [1.807, 2.05) is 41.8 Å². The summed E-state index contributed by atoms with van der Waals surface area (Å²) in [7, 11) is 0. The number of allylic oxidation sites excluding steroid dienone is 1. The zero-order valence-corrected chi connectivity index (χ0v) is 15.8. The average molecular weight is 367 g/mol. The summed E-state index contributed by atoms with van der Waals surface area (Å²) >= 11 is 1.39. The minimum Gasteiger partial charge on any atom is -0.469 e. The van der Waals surface area contributed by atoms with Crippen LogP contribution in [0.4, 0.5) is 0 Å². The molecule has 0 saturated carbocycles. The third-order valence-corrected chi connectivity index (χ3v) is 5.11. The lowest BCUT2D eigenvalue weighted by Gasteiger charge is -2.07. The summed E-state index contributed by atoms with van der Waals surface area (Å²) in [4.78, 5) is 12.5. The summed E-state index contributed by atoms with van der Waals surface area (Å²) in [5.41, 5.74) is 2.84. The van der Waals surface area contributed by atoms with Gasteiger partial charge in [-0.1, -0.05) is 49.0 Å². The maximum atomic E-state index is 12.5. The third-order valence-electron chi connectivity index (χ3n) is 4.14. The number of hydrogen-bond donors (Lipinski definition) is 0. The van der Waals surface area contributed by atoms with Crippen molar-refractivity contribution in [2.75, 3.05) is 5.75 Å². The van der Waals surface area contributed by atoms with Gasteiger partial charge in [0.25, 0.3) is 0 Å². The van der Waals surface area contributed by atoms with E-state index in [0.717, 1.165) is 29.1 Å². The van der Waals surface area contributed by atoms with Gasteiger partial charge in [-0.15, -0.1) is 16.8 Å². The molecular formula is C20H21N3O2S. The fourth-order valence-corrected chi connectivity index (χ4v) is 3.49. The molecule has 0 fully saturated rings. The molecule has 2 aromatic heterocycles. The molecule has 134 valence electrons. The molecule has 6 heteroatoms. The maximum Gasteiger partial charge on any atom is 0.192 e. The van der Waals surface area contributed by atoms with Crippen molar-refractivity contribution < 1.29 is 9.21 Å². The Kier molecular flexibility index (Phi) is 5.73. The number of nitrogens with zero attached hydrogens (tertiary/aromatic N) is 3. The summed E-state index contributed by atoms with van der Waals surface area (Å²) in [5, 5.41) is 9.24. The van der Waals surface area contributed by atoms with Gasteiger partial charge < -0.3 is 4.42 Å². The topological polar surface area (TPSA) is 60.9 Å². The van der Waals surface area contributed by atoms with Crippen molar-refractivity contribution in [1.82, 2.24) is 14.8 Å². The summed E-state index contributed by atoms with van der Waals surface area (Å²) in [6, 6.07) is 9.64. The molecule has 0 saturated heterocycles. The Labute approximate surface area is 157 Å². The molecule has 0 amide bonds. The molecule has 5 nitrogen and oxygen atoms in total. The molecule has 1 aromatic carbocycles. The van der Waals surface area contributed by atoms with Crippen LogP contribution >= 0.6 is 11.8 Å². The molecule has 2 heterocycles. The van der Waals surface area contributed by atoms with Gasteiger partial charge in [0, 0.05) is 12.1 Å². The van der Waals surface area contributed by atoms with Gasteiger partial charge in [0.15, 0.2) is 16.8 Å². The van der Waals surface area contributed by atoms with Crippen molar-refractivity contribution in [3.8, 4) is 11.4 Å². The average Bonchev–Trinajstić information content (AvgIpc) is 3.26. The Morgan fingerprint density at radius 2 is 2.04 bits per heavy atom. The number of furan rings is 1. The van der Waals surface area contributed by atoms with Gasteiger partial charge in [-0.25, -0.2) is 0 Å². The van der Waals surface area contributed by atoms with Crippen LogP contribution in [0, 0.1) is 6.92 Å². The minimum absolute atomic E-state index is 0.0758. The highest BCUT2D eigenvalue weighted by Crippen LogP contribution is 2.27. The molecule has 0 aliphatic heterocycles. The van der Waals surface area contributed by atoms with E-state index in [1.54, 1.807) is 12.3 Å². The number of Topliss-reactive ketones (excluding diaryl/α,β-unsaturated/α-hetero) is 1. The smallest absolute Gasteiger partial charge is 0.192 e. The normalized spacial score (nSPS) is 10.8. The van der Waals surface area contributed by atoms with Crippen molar-refractivity contribution in [1.29, 1.82) is 0 Å². The standard InChI is InChI=1S/C20H21N3O2S/c1-4-11-23-19(17-10-12-25-14(17)3)21-22-20(23)26-13-18(24)16-8-6-15(5-2)7-9-16/h4,6-10,12H,1,5,11,13H2,2-3H3. The summed E-state index contributed by atoms with van der Waals surface area (Å²) in [6.45, 7) is 8.35. The van der Waals surface area contributed by atoms with Crippen LogP contribution in [0.15, 0.2) is 58.8 Å². The second-order valence-corrected chi connectivity index (χ2v) is 6.80. The first-order chi connectivity index (χ1) is 12.6. The predicted octanol–water partition coefficient (Wildman–Crippen LogP) is 4.57. The molecule has 0 aliphatic rings. The maximum absolute atomic E-state index is 12.5. The molecule has 0 spiro atoms.